The first-order valence-electron chi connectivity index (χ1n) is 5.85. The lowest BCUT2D eigenvalue weighted by Gasteiger charge is -2.27. The van der Waals surface area contributed by atoms with Crippen molar-refractivity contribution in [2.45, 2.75) is 45.3 Å². The Balaban J connectivity index is 3.04. The van der Waals surface area contributed by atoms with Gasteiger partial charge in [0.25, 0.3) is 10.0 Å². The summed E-state index contributed by atoms with van der Waals surface area (Å²) in [5, 5.41) is 8.94. The van der Waals surface area contributed by atoms with Crippen LogP contribution in [0.25, 0.3) is 0 Å². The molecule has 1 aromatic rings. The first-order chi connectivity index (χ1) is 8.58. The van der Waals surface area contributed by atoms with Gasteiger partial charge in [0, 0.05) is 12.7 Å². The fraction of sp³-hybridized carbons (Fsp3) is 0.636. The molecule has 0 aromatic carbocycles. The third-order valence-corrected chi connectivity index (χ3v) is 3.94. The van der Waals surface area contributed by atoms with Gasteiger partial charge in [0.15, 0.2) is 5.03 Å². The van der Waals surface area contributed by atoms with Crippen molar-refractivity contribution in [1.29, 1.82) is 0 Å². The summed E-state index contributed by atoms with van der Waals surface area (Å²) in [6, 6.07) is -1.22. The molecule has 7 nitrogen and oxygen atoms in total. The zero-order valence-corrected chi connectivity index (χ0v) is 12.2. The van der Waals surface area contributed by atoms with Crippen molar-refractivity contribution in [3.05, 3.63) is 12.5 Å². The first kappa shape index (κ1) is 15.6. The monoisotopic (exact) mass is 289 g/mol. The van der Waals surface area contributed by atoms with Gasteiger partial charge in [0.05, 0.1) is 6.33 Å². The van der Waals surface area contributed by atoms with Gasteiger partial charge in [-0.25, -0.2) is 13.4 Å². The molecule has 0 fully saturated rings. The molecular weight excluding hydrogens is 270 g/mol. The number of nitrogens with one attached hydrogen (secondary N) is 1. The zero-order chi connectivity index (χ0) is 14.8. The maximum Gasteiger partial charge on any atom is 0.322 e. The zero-order valence-electron chi connectivity index (χ0n) is 11.4. The van der Waals surface area contributed by atoms with E-state index in [4.69, 9.17) is 5.11 Å². The third kappa shape index (κ3) is 3.77. The van der Waals surface area contributed by atoms with Gasteiger partial charge in [-0.1, -0.05) is 20.8 Å². The topological polar surface area (TPSA) is 101 Å². The minimum Gasteiger partial charge on any atom is -0.480 e. The van der Waals surface area contributed by atoms with E-state index in [-0.39, 0.29) is 5.03 Å². The molecule has 1 aromatic heterocycles. The van der Waals surface area contributed by atoms with E-state index in [1.807, 2.05) is 6.92 Å². The van der Waals surface area contributed by atoms with Crippen LogP contribution in [0.15, 0.2) is 17.6 Å². The number of sulfonamides is 1. The summed E-state index contributed by atoms with van der Waals surface area (Å²) in [4.78, 5) is 14.9. The maximum absolute atomic E-state index is 12.1. The van der Waals surface area contributed by atoms with Crippen LogP contribution in [0.4, 0.5) is 0 Å². The molecule has 19 heavy (non-hydrogen) atoms. The van der Waals surface area contributed by atoms with Gasteiger partial charge in [-0.15, -0.1) is 0 Å². The second kappa shape index (κ2) is 5.30. The number of carboxylic acid groups (broad SMARTS) is 1. The van der Waals surface area contributed by atoms with Crippen LogP contribution >= 0.6 is 0 Å². The fourth-order valence-corrected chi connectivity index (χ4v) is 2.81. The van der Waals surface area contributed by atoms with E-state index in [0.29, 0.717) is 6.54 Å². The van der Waals surface area contributed by atoms with Gasteiger partial charge in [-0.3, -0.25) is 4.79 Å². The Morgan fingerprint density at radius 1 is 1.53 bits per heavy atom. The molecule has 1 heterocycles. The molecule has 0 spiro atoms. The van der Waals surface area contributed by atoms with E-state index in [1.54, 1.807) is 25.3 Å². The summed E-state index contributed by atoms with van der Waals surface area (Å²) in [5.74, 6) is -1.22. The summed E-state index contributed by atoms with van der Waals surface area (Å²) < 4.78 is 27.9. The second-order valence-corrected chi connectivity index (χ2v) is 6.96. The predicted molar refractivity (Wildman–Crippen MR) is 69.1 cm³/mol. The van der Waals surface area contributed by atoms with Crippen LogP contribution < -0.4 is 4.72 Å². The van der Waals surface area contributed by atoms with Gasteiger partial charge in [0.2, 0.25) is 0 Å². The first-order valence-corrected chi connectivity index (χ1v) is 7.33. The lowest BCUT2D eigenvalue weighted by Crippen LogP contribution is -2.49. The van der Waals surface area contributed by atoms with Crippen LogP contribution in [0.5, 0.6) is 0 Å². The molecule has 0 bridgehead atoms. The summed E-state index contributed by atoms with van der Waals surface area (Å²) in [6.07, 6.45) is 2.76. The maximum atomic E-state index is 12.1. The van der Waals surface area contributed by atoms with Crippen molar-refractivity contribution in [2.75, 3.05) is 0 Å². The van der Waals surface area contributed by atoms with Crippen molar-refractivity contribution in [3.63, 3.8) is 0 Å². The van der Waals surface area contributed by atoms with E-state index in [1.165, 1.54) is 12.5 Å². The number of aryl methyl sites for hydroxylation is 1. The van der Waals surface area contributed by atoms with Crippen LogP contribution in [0.2, 0.25) is 0 Å². The Morgan fingerprint density at radius 2 is 2.11 bits per heavy atom. The highest BCUT2D eigenvalue weighted by Gasteiger charge is 2.35. The van der Waals surface area contributed by atoms with Crippen LogP contribution in [0.1, 0.15) is 27.7 Å². The van der Waals surface area contributed by atoms with Crippen molar-refractivity contribution in [2.24, 2.45) is 5.41 Å². The Hall–Kier alpha value is -1.41. The highest BCUT2D eigenvalue weighted by molar-refractivity contribution is 7.89. The van der Waals surface area contributed by atoms with Gasteiger partial charge in [0.1, 0.15) is 6.04 Å². The molecular formula is C11H19N3O4S. The molecule has 0 amide bonds. The number of carboxylic acids is 1. The number of aromatic nitrogens is 2. The quantitative estimate of drug-likeness (QED) is 0.830. The van der Waals surface area contributed by atoms with Gasteiger partial charge < -0.3 is 9.67 Å². The van der Waals surface area contributed by atoms with Crippen molar-refractivity contribution < 1.29 is 18.3 Å². The van der Waals surface area contributed by atoms with E-state index in [0.717, 1.165) is 0 Å². The van der Waals surface area contributed by atoms with Crippen LogP contribution in [-0.4, -0.2) is 35.1 Å². The summed E-state index contributed by atoms with van der Waals surface area (Å²) in [7, 11) is -3.94. The fourth-order valence-electron chi connectivity index (χ4n) is 1.46. The molecule has 0 saturated heterocycles. The Bertz CT molecular complexity index is 557. The molecule has 8 heteroatoms. The number of carbonyl (C=O) groups is 1. The molecule has 0 aliphatic carbocycles. The van der Waals surface area contributed by atoms with Crippen LogP contribution in [0.3, 0.4) is 0 Å². The molecule has 0 radical (unpaired) electrons. The van der Waals surface area contributed by atoms with Crippen LogP contribution in [0, 0.1) is 5.41 Å². The third-order valence-electron chi connectivity index (χ3n) is 2.64. The van der Waals surface area contributed by atoms with Crippen molar-refractivity contribution in [1.82, 2.24) is 14.3 Å². The molecule has 0 saturated carbocycles. The van der Waals surface area contributed by atoms with E-state index in [9.17, 15) is 13.2 Å². The van der Waals surface area contributed by atoms with Gasteiger partial charge >= 0.3 is 5.97 Å². The SMILES string of the molecule is CCn1cnc(S(=O)(=O)NC(C(=O)O)C(C)(C)C)c1. The highest BCUT2D eigenvalue weighted by Crippen LogP contribution is 2.21. The van der Waals surface area contributed by atoms with Gasteiger partial charge in [-0.05, 0) is 12.3 Å². The van der Waals surface area contributed by atoms with Crippen molar-refractivity contribution in [3.8, 4) is 0 Å². The molecule has 2 N–H and O–H groups in total. The summed E-state index contributed by atoms with van der Waals surface area (Å²) >= 11 is 0. The van der Waals surface area contributed by atoms with Gasteiger partial charge in [-0.2, -0.15) is 4.72 Å². The second-order valence-electron chi connectivity index (χ2n) is 5.30. The largest absolute Gasteiger partial charge is 0.480 e. The molecule has 1 rings (SSSR count). The van der Waals surface area contributed by atoms with E-state index < -0.39 is 27.4 Å². The smallest absolute Gasteiger partial charge is 0.322 e. The number of hydrogen-bond acceptors (Lipinski definition) is 4. The molecule has 0 aliphatic heterocycles. The minimum absolute atomic E-state index is 0.176. The lowest BCUT2D eigenvalue weighted by atomic mass is 9.88. The van der Waals surface area contributed by atoms with Crippen molar-refractivity contribution >= 4 is 16.0 Å². The predicted octanol–water partition coefficient (Wildman–Crippen LogP) is 0.681. The minimum atomic E-state index is -3.94. The molecule has 1 atom stereocenters. The molecule has 108 valence electrons. The molecule has 0 aliphatic rings. The number of imidazole rings is 1. The standard InChI is InChI=1S/C11H19N3O4S/c1-5-14-6-8(12-7-14)19(17,18)13-9(10(15)16)11(2,3)4/h6-7,9,13H,5H2,1-4H3,(H,15,16). The normalized spacial score (nSPS) is 14.3. The Kier molecular flexibility index (Phi) is 4.36. The molecule has 1 unspecified atom stereocenters. The summed E-state index contributed by atoms with van der Waals surface area (Å²) in [6.45, 7) is 7.39. The average molecular weight is 289 g/mol. The number of nitrogens with zero attached hydrogens (tertiary/aromatic N) is 2. The highest BCUT2D eigenvalue weighted by atomic mass is 32.2. The van der Waals surface area contributed by atoms with E-state index in [2.05, 4.69) is 9.71 Å². The average Bonchev–Trinajstić information content (AvgIpc) is 2.73. The lowest BCUT2D eigenvalue weighted by molar-refractivity contribution is -0.141. The van der Waals surface area contributed by atoms with E-state index >= 15 is 0 Å². The number of hydrogen-bond donors (Lipinski definition) is 2. The Morgan fingerprint density at radius 3 is 2.47 bits per heavy atom. The Labute approximate surface area is 112 Å². The number of rotatable bonds is 5. The number of aliphatic carboxylic acids is 1. The van der Waals surface area contributed by atoms with Crippen LogP contribution in [-0.2, 0) is 21.4 Å². The summed E-state index contributed by atoms with van der Waals surface area (Å²) in [5.41, 5.74) is -0.744.